The van der Waals surface area contributed by atoms with Crippen molar-refractivity contribution in [1.82, 2.24) is 10.6 Å². The Kier molecular flexibility index (Phi) is 6.64. The van der Waals surface area contributed by atoms with Crippen LogP contribution in [0.25, 0.3) is 0 Å². The molecule has 0 saturated heterocycles. The minimum atomic E-state index is -0.578. The van der Waals surface area contributed by atoms with Crippen LogP contribution in [-0.4, -0.2) is 29.9 Å². The fraction of sp³-hybridized carbons (Fsp3) is 0.700. The molecule has 2 unspecified atom stereocenters. The molecule has 0 aliphatic heterocycles. The van der Waals surface area contributed by atoms with Crippen LogP contribution in [0, 0.1) is 5.92 Å². The van der Waals surface area contributed by atoms with Crippen LogP contribution in [-0.2, 0) is 9.59 Å². The van der Waals surface area contributed by atoms with E-state index in [0.29, 0.717) is 6.42 Å². The van der Waals surface area contributed by atoms with Gasteiger partial charge in [-0.1, -0.05) is 25.6 Å². The predicted molar refractivity (Wildman–Crippen MR) is 66.9 cm³/mol. The third kappa shape index (κ3) is 4.57. The summed E-state index contributed by atoms with van der Waals surface area (Å²) in [7, 11) is 1.52. The van der Waals surface area contributed by atoms with Crippen molar-refractivity contribution in [3.8, 4) is 0 Å². The molecule has 16 heavy (non-hydrogen) atoms. The van der Waals surface area contributed by atoms with Crippen LogP contribution in [0.15, 0.2) is 0 Å². The fourth-order valence-corrected chi connectivity index (χ4v) is 1.51. The number of rotatable bonds is 6. The number of hydrogen-bond donors (Lipinski definition) is 3. The second kappa shape index (κ2) is 7.16. The quantitative estimate of drug-likeness (QED) is 0.572. The van der Waals surface area contributed by atoms with Gasteiger partial charge in [-0.05, 0) is 13.3 Å². The van der Waals surface area contributed by atoms with Gasteiger partial charge in [0.2, 0.25) is 11.8 Å². The van der Waals surface area contributed by atoms with Gasteiger partial charge in [0.05, 0.1) is 10.9 Å². The van der Waals surface area contributed by atoms with Gasteiger partial charge in [-0.25, -0.2) is 0 Å². The third-order valence-electron chi connectivity index (χ3n) is 2.24. The zero-order chi connectivity index (χ0) is 12.7. The number of thiocarbonyl (C=S) groups is 1. The molecule has 6 heteroatoms. The van der Waals surface area contributed by atoms with Crippen LogP contribution in [0.2, 0.25) is 0 Å². The molecule has 0 aromatic rings. The average molecular weight is 245 g/mol. The van der Waals surface area contributed by atoms with E-state index in [4.69, 9.17) is 18.0 Å². The normalized spacial score (nSPS) is 13.7. The first-order valence-corrected chi connectivity index (χ1v) is 5.66. The number of likely N-dealkylation sites (N-methyl/N-ethyl adjacent to an activating group) is 1. The maximum absolute atomic E-state index is 11.7. The van der Waals surface area contributed by atoms with E-state index in [1.807, 2.05) is 6.92 Å². The lowest BCUT2D eigenvalue weighted by Crippen LogP contribution is -2.47. The van der Waals surface area contributed by atoms with E-state index >= 15 is 0 Å². The molecule has 4 N–H and O–H groups in total. The van der Waals surface area contributed by atoms with Crippen LogP contribution in [0.3, 0.4) is 0 Å². The van der Waals surface area contributed by atoms with Crippen molar-refractivity contribution in [2.45, 2.75) is 32.7 Å². The van der Waals surface area contributed by atoms with Crippen molar-refractivity contribution in [1.29, 1.82) is 0 Å². The lowest BCUT2D eigenvalue weighted by molar-refractivity contribution is -0.129. The highest BCUT2D eigenvalue weighted by molar-refractivity contribution is 7.80. The molecule has 0 aromatic heterocycles. The number of carbonyl (C=O) groups excluding carboxylic acids is 2. The summed E-state index contributed by atoms with van der Waals surface area (Å²) in [4.78, 5) is 23.1. The topological polar surface area (TPSA) is 84.2 Å². The van der Waals surface area contributed by atoms with Crippen LogP contribution < -0.4 is 16.4 Å². The second-order valence-corrected chi connectivity index (χ2v) is 4.06. The van der Waals surface area contributed by atoms with E-state index < -0.39 is 12.0 Å². The smallest absolute Gasteiger partial charge is 0.242 e. The fourth-order valence-electron chi connectivity index (χ4n) is 1.29. The van der Waals surface area contributed by atoms with E-state index in [1.54, 1.807) is 6.92 Å². The van der Waals surface area contributed by atoms with Crippen molar-refractivity contribution in [2.75, 3.05) is 7.05 Å². The zero-order valence-electron chi connectivity index (χ0n) is 9.87. The van der Waals surface area contributed by atoms with Gasteiger partial charge in [-0.15, -0.1) is 0 Å². The van der Waals surface area contributed by atoms with E-state index in [2.05, 4.69) is 10.6 Å². The third-order valence-corrected chi connectivity index (χ3v) is 2.52. The summed E-state index contributed by atoms with van der Waals surface area (Å²) in [5.74, 6) is -1.02. The van der Waals surface area contributed by atoms with Crippen molar-refractivity contribution in [2.24, 2.45) is 11.7 Å². The summed E-state index contributed by atoms with van der Waals surface area (Å²) in [6, 6.07) is -0.578. The van der Waals surface area contributed by atoms with E-state index in [-0.39, 0.29) is 16.8 Å². The molecule has 0 heterocycles. The average Bonchev–Trinajstić information content (AvgIpc) is 2.23. The summed E-state index contributed by atoms with van der Waals surface area (Å²) in [6.45, 7) is 3.56. The zero-order valence-corrected chi connectivity index (χ0v) is 10.7. The second-order valence-electron chi connectivity index (χ2n) is 3.59. The van der Waals surface area contributed by atoms with Gasteiger partial charge >= 0.3 is 0 Å². The minimum absolute atomic E-state index is 0.170. The maximum atomic E-state index is 11.7. The number of amides is 2. The first-order valence-electron chi connectivity index (χ1n) is 5.25. The highest BCUT2D eigenvalue weighted by Crippen LogP contribution is 2.07. The monoisotopic (exact) mass is 245 g/mol. The number of nitrogens with one attached hydrogen (secondary N) is 2. The molecule has 0 saturated carbocycles. The van der Waals surface area contributed by atoms with Crippen molar-refractivity contribution in [3.05, 3.63) is 0 Å². The van der Waals surface area contributed by atoms with Gasteiger partial charge < -0.3 is 16.4 Å². The van der Waals surface area contributed by atoms with Gasteiger partial charge in [-0.3, -0.25) is 9.59 Å². The molecule has 0 radical (unpaired) electrons. The Balaban J connectivity index is 4.41. The van der Waals surface area contributed by atoms with E-state index in [1.165, 1.54) is 7.05 Å². The van der Waals surface area contributed by atoms with Crippen LogP contribution >= 0.6 is 12.2 Å². The standard InChI is InChI=1S/C10H19N3O2S/c1-4-5-7(8(11)16)10(15)13-6(2)9(14)12-3/h6-7H,4-5H2,1-3H3,(H2,11,16)(H,12,14)(H,13,15). The Hall–Kier alpha value is -1.17. The first-order chi connectivity index (χ1) is 7.43. The summed E-state index contributed by atoms with van der Waals surface area (Å²) < 4.78 is 0. The molecule has 0 rings (SSSR count). The Morgan fingerprint density at radius 2 is 1.94 bits per heavy atom. The minimum Gasteiger partial charge on any atom is -0.393 e. The van der Waals surface area contributed by atoms with Gasteiger partial charge in [-0.2, -0.15) is 0 Å². The molecule has 0 bridgehead atoms. The summed E-state index contributed by atoms with van der Waals surface area (Å²) in [5.41, 5.74) is 5.48. The lowest BCUT2D eigenvalue weighted by atomic mass is 10.0. The molecule has 92 valence electrons. The molecule has 0 aliphatic rings. The Morgan fingerprint density at radius 3 is 2.31 bits per heavy atom. The van der Waals surface area contributed by atoms with Gasteiger partial charge in [0.15, 0.2) is 0 Å². The first kappa shape index (κ1) is 14.8. The molecule has 0 spiro atoms. The summed E-state index contributed by atoms with van der Waals surface area (Å²) >= 11 is 4.82. The van der Waals surface area contributed by atoms with E-state index in [0.717, 1.165) is 6.42 Å². The summed E-state index contributed by atoms with van der Waals surface area (Å²) in [6.07, 6.45) is 1.41. The molecule has 0 fully saturated rings. The molecule has 2 amide bonds. The number of nitrogens with two attached hydrogens (primary N) is 1. The molecule has 0 aromatic carbocycles. The molecule has 2 atom stereocenters. The van der Waals surface area contributed by atoms with Crippen molar-refractivity contribution < 1.29 is 9.59 Å². The van der Waals surface area contributed by atoms with E-state index in [9.17, 15) is 9.59 Å². The Bertz CT molecular complexity index is 281. The highest BCUT2D eigenvalue weighted by atomic mass is 32.1. The lowest BCUT2D eigenvalue weighted by Gasteiger charge is -2.18. The largest absolute Gasteiger partial charge is 0.393 e. The summed E-state index contributed by atoms with van der Waals surface area (Å²) in [5, 5.41) is 5.03. The maximum Gasteiger partial charge on any atom is 0.242 e. The van der Waals surface area contributed by atoms with Crippen LogP contribution in [0.5, 0.6) is 0 Å². The predicted octanol–water partition coefficient (Wildman–Crippen LogP) is -0.0605. The highest BCUT2D eigenvalue weighted by Gasteiger charge is 2.23. The van der Waals surface area contributed by atoms with Crippen LogP contribution in [0.1, 0.15) is 26.7 Å². The van der Waals surface area contributed by atoms with Crippen molar-refractivity contribution in [3.63, 3.8) is 0 Å². The molecular formula is C10H19N3O2S. The van der Waals surface area contributed by atoms with Crippen molar-refractivity contribution >= 4 is 29.0 Å². The van der Waals surface area contributed by atoms with Gasteiger partial charge in [0.1, 0.15) is 6.04 Å². The van der Waals surface area contributed by atoms with Gasteiger partial charge in [0.25, 0.3) is 0 Å². The molecule has 0 aliphatic carbocycles. The number of carbonyl (C=O) groups is 2. The SMILES string of the molecule is CCCC(C(=O)NC(C)C(=O)NC)C(N)=S. The molecule has 5 nitrogen and oxygen atoms in total. The number of hydrogen-bond acceptors (Lipinski definition) is 3. The Labute approximate surface area is 101 Å². The molecular weight excluding hydrogens is 226 g/mol. The Morgan fingerprint density at radius 1 is 1.38 bits per heavy atom. The van der Waals surface area contributed by atoms with Gasteiger partial charge in [0, 0.05) is 7.05 Å². The van der Waals surface area contributed by atoms with Crippen LogP contribution in [0.4, 0.5) is 0 Å².